The van der Waals surface area contributed by atoms with Crippen LogP contribution >= 0.6 is 11.6 Å². The number of halogens is 1. The van der Waals surface area contributed by atoms with Gasteiger partial charge in [0.05, 0.1) is 5.69 Å². The Morgan fingerprint density at radius 3 is 2.61 bits per heavy atom. The highest BCUT2D eigenvalue weighted by Crippen LogP contribution is 2.25. The van der Waals surface area contributed by atoms with E-state index in [1.165, 1.54) is 0 Å². The molecule has 0 aliphatic rings. The van der Waals surface area contributed by atoms with Crippen LogP contribution in [0.4, 0.5) is 0 Å². The van der Waals surface area contributed by atoms with E-state index in [1.807, 2.05) is 42.6 Å². The molecule has 2 rings (SSSR count). The quantitative estimate of drug-likeness (QED) is 0.768. The summed E-state index contributed by atoms with van der Waals surface area (Å²) < 4.78 is 0. The Morgan fingerprint density at radius 1 is 1.17 bits per heavy atom. The Labute approximate surface area is 113 Å². The number of pyridine rings is 1. The maximum atomic E-state index is 6.07. The molecule has 0 saturated carbocycles. The second-order valence-corrected chi connectivity index (χ2v) is 4.99. The van der Waals surface area contributed by atoms with E-state index >= 15 is 0 Å². The molecule has 0 bridgehead atoms. The number of benzene rings is 1. The van der Waals surface area contributed by atoms with E-state index in [0.717, 1.165) is 21.9 Å². The summed E-state index contributed by atoms with van der Waals surface area (Å²) in [5.41, 5.74) is 3.22. The van der Waals surface area contributed by atoms with Gasteiger partial charge in [0.15, 0.2) is 0 Å². The van der Waals surface area contributed by atoms with Crippen LogP contribution in [0.3, 0.4) is 0 Å². The van der Waals surface area contributed by atoms with E-state index in [2.05, 4.69) is 31.0 Å². The van der Waals surface area contributed by atoms with Gasteiger partial charge < -0.3 is 0 Å². The summed E-state index contributed by atoms with van der Waals surface area (Å²) in [6.07, 6.45) is 4.03. The van der Waals surface area contributed by atoms with Crippen LogP contribution in [-0.4, -0.2) is 4.98 Å². The van der Waals surface area contributed by atoms with Crippen LogP contribution < -0.4 is 0 Å². The van der Waals surface area contributed by atoms with E-state index in [0.29, 0.717) is 5.92 Å². The summed E-state index contributed by atoms with van der Waals surface area (Å²) in [4.78, 5) is 4.43. The highest BCUT2D eigenvalue weighted by atomic mass is 35.5. The van der Waals surface area contributed by atoms with Crippen molar-refractivity contribution in [2.45, 2.75) is 13.8 Å². The molecule has 1 aromatic carbocycles. The van der Waals surface area contributed by atoms with Gasteiger partial charge in [-0.15, -0.1) is 0 Å². The zero-order valence-electron chi connectivity index (χ0n) is 10.6. The van der Waals surface area contributed by atoms with E-state index in [-0.39, 0.29) is 0 Å². The molecule has 0 unspecified atom stereocenters. The largest absolute Gasteiger partial charge is 0.256 e. The van der Waals surface area contributed by atoms with Gasteiger partial charge in [0.2, 0.25) is 0 Å². The first-order valence-corrected chi connectivity index (χ1v) is 6.44. The molecule has 0 spiro atoms. The molecule has 2 aromatic rings. The monoisotopic (exact) mass is 257 g/mol. The Hall–Kier alpha value is -1.60. The fraction of sp³-hybridized carbons (Fsp3) is 0.188. The predicted octanol–water partition coefficient (Wildman–Crippen LogP) is 4.82. The number of nitrogens with zero attached hydrogens (tertiary/aromatic N) is 1. The first-order chi connectivity index (χ1) is 8.66. The van der Waals surface area contributed by atoms with Crippen molar-refractivity contribution in [1.29, 1.82) is 0 Å². The zero-order chi connectivity index (χ0) is 13.0. The highest BCUT2D eigenvalue weighted by molar-refractivity contribution is 6.30. The van der Waals surface area contributed by atoms with Crippen molar-refractivity contribution in [2.24, 2.45) is 5.92 Å². The van der Waals surface area contributed by atoms with Crippen molar-refractivity contribution < 1.29 is 0 Å². The average Bonchev–Trinajstić information content (AvgIpc) is 2.37. The Bertz CT molecular complexity index is 544. The molecule has 1 heterocycles. The molecule has 0 N–H and O–H groups in total. The second-order valence-electron chi connectivity index (χ2n) is 4.55. The van der Waals surface area contributed by atoms with Crippen LogP contribution in [0.25, 0.3) is 5.57 Å². The summed E-state index contributed by atoms with van der Waals surface area (Å²) in [5, 5.41) is 0.748. The van der Waals surface area contributed by atoms with E-state index < -0.39 is 0 Å². The second kappa shape index (κ2) is 5.83. The number of rotatable bonds is 3. The molecule has 0 atom stereocenters. The summed E-state index contributed by atoms with van der Waals surface area (Å²) in [6.45, 7) is 4.32. The average molecular weight is 258 g/mol. The third-order valence-corrected chi connectivity index (χ3v) is 2.81. The minimum atomic E-state index is 0.459. The van der Waals surface area contributed by atoms with Gasteiger partial charge in [0, 0.05) is 16.8 Å². The Kier molecular flexibility index (Phi) is 4.16. The Balaban J connectivity index is 2.51. The molecule has 0 radical (unpaired) electrons. The van der Waals surface area contributed by atoms with Crippen molar-refractivity contribution in [3.8, 4) is 0 Å². The molecule has 1 nitrogen and oxygen atoms in total. The molecule has 0 aliphatic carbocycles. The lowest BCUT2D eigenvalue weighted by Gasteiger charge is -2.09. The third-order valence-electron chi connectivity index (χ3n) is 2.58. The molecule has 0 amide bonds. The fourth-order valence-electron chi connectivity index (χ4n) is 1.84. The topological polar surface area (TPSA) is 12.9 Å². The first kappa shape index (κ1) is 12.8. The van der Waals surface area contributed by atoms with Crippen molar-refractivity contribution in [3.05, 3.63) is 71.0 Å². The predicted molar refractivity (Wildman–Crippen MR) is 77.6 cm³/mol. The molecule has 1 aromatic heterocycles. The third kappa shape index (κ3) is 3.21. The summed E-state index contributed by atoms with van der Waals surface area (Å²) in [7, 11) is 0. The first-order valence-electron chi connectivity index (χ1n) is 6.06. The molecule has 2 heteroatoms. The highest BCUT2D eigenvalue weighted by Gasteiger charge is 2.07. The van der Waals surface area contributed by atoms with Gasteiger partial charge in [-0.1, -0.05) is 49.7 Å². The van der Waals surface area contributed by atoms with Crippen LogP contribution in [0, 0.1) is 5.92 Å². The van der Waals surface area contributed by atoms with Crippen molar-refractivity contribution >= 4 is 17.2 Å². The maximum Gasteiger partial charge on any atom is 0.0704 e. The number of hydrogen-bond donors (Lipinski definition) is 0. The summed E-state index contributed by atoms with van der Waals surface area (Å²) in [5.74, 6) is 0.459. The molecular formula is C16H16ClN. The molecule has 0 aliphatic heterocycles. The minimum absolute atomic E-state index is 0.459. The smallest absolute Gasteiger partial charge is 0.0704 e. The van der Waals surface area contributed by atoms with Gasteiger partial charge in [0.1, 0.15) is 0 Å². The molecule has 92 valence electrons. The summed E-state index contributed by atoms with van der Waals surface area (Å²) >= 11 is 6.07. The number of aromatic nitrogens is 1. The molecule has 18 heavy (non-hydrogen) atoms. The van der Waals surface area contributed by atoms with Crippen molar-refractivity contribution in [3.63, 3.8) is 0 Å². The van der Waals surface area contributed by atoms with E-state index in [4.69, 9.17) is 11.6 Å². The SMILES string of the molecule is CC(C)/C=C(/c1cccc(Cl)c1)c1ccccn1. The van der Waals surface area contributed by atoms with E-state index in [1.54, 1.807) is 0 Å². The lowest BCUT2D eigenvalue weighted by atomic mass is 9.98. The zero-order valence-corrected chi connectivity index (χ0v) is 11.4. The fourth-order valence-corrected chi connectivity index (χ4v) is 2.03. The maximum absolute atomic E-state index is 6.07. The lowest BCUT2D eigenvalue weighted by Crippen LogP contribution is -1.93. The molecule has 0 fully saturated rings. The normalized spacial score (nSPS) is 11.9. The van der Waals surface area contributed by atoms with E-state index in [9.17, 15) is 0 Å². The standard InChI is InChI=1S/C16H16ClN/c1-12(2)10-15(16-8-3-4-9-18-16)13-6-5-7-14(17)11-13/h3-12H,1-2H3/b15-10-. The number of allylic oxidation sites excluding steroid dienone is 1. The van der Waals surface area contributed by atoms with Crippen LogP contribution in [0.15, 0.2) is 54.7 Å². The van der Waals surface area contributed by atoms with Gasteiger partial charge in [-0.2, -0.15) is 0 Å². The van der Waals surface area contributed by atoms with Gasteiger partial charge in [-0.05, 0) is 35.7 Å². The van der Waals surface area contributed by atoms with Crippen molar-refractivity contribution in [1.82, 2.24) is 4.98 Å². The molecular weight excluding hydrogens is 242 g/mol. The van der Waals surface area contributed by atoms with Crippen molar-refractivity contribution in [2.75, 3.05) is 0 Å². The Morgan fingerprint density at radius 2 is 2.00 bits per heavy atom. The van der Waals surface area contributed by atoms with Gasteiger partial charge >= 0.3 is 0 Å². The van der Waals surface area contributed by atoms with Gasteiger partial charge in [-0.3, -0.25) is 4.98 Å². The van der Waals surface area contributed by atoms with Crippen LogP contribution in [0.2, 0.25) is 5.02 Å². The minimum Gasteiger partial charge on any atom is -0.256 e. The summed E-state index contributed by atoms with van der Waals surface area (Å²) in [6, 6.07) is 13.8. The van der Waals surface area contributed by atoms with Crippen LogP contribution in [0.1, 0.15) is 25.1 Å². The van der Waals surface area contributed by atoms with Crippen LogP contribution in [0.5, 0.6) is 0 Å². The number of hydrogen-bond acceptors (Lipinski definition) is 1. The van der Waals surface area contributed by atoms with Gasteiger partial charge in [-0.25, -0.2) is 0 Å². The van der Waals surface area contributed by atoms with Crippen LogP contribution in [-0.2, 0) is 0 Å². The van der Waals surface area contributed by atoms with Gasteiger partial charge in [0.25, 0.3) is 0 Å². The lowest BCUT2D eigenvalue weighted by molar-refractivity contribution is 0.833. The molecule has 0 saturated heterocycles.